The fraction of sp³-hybridized carbons (Fsp3) is 0.300. The summed E-state index contributed by atoms with van der Waals surface area (Å²) in [6.45, 7) is 1.69. The quantitative estimate of drug-likeness (QED) is 0.168. The van der Waals surface area contributed by atoms with Crippen molar-refractivity contribution in [3.63, 3.8) is 0 Å². The zero-order valence-corrected chi connectivity index (χ0v) is 20.7. The third kappa shape index (κ3) is 9.32. The molecule has 0 unspecified atom stereocenters. The molecule has 0 aromatic heterocycles. The van der Waals surface area contributed by atoms with Gasteiger partial charge in [-0.3, -0.25) is 4.84 Å². The molecule has 37 heavy (non-hydrogen) atoms. The van der Waals surface area contributed by atoms with E-state index in [0.29, 0.717) is 11.3 Å². The summed E-state index contributed by atoms with van der Waals surface area (Å²) in [7, 11) is 0. The number of carbonyl (C=O) groups is 1. The number of carboxylic acids is 1. The van der Waals surface area contributed by atoms with Crippen LogP contribution in [-0.4, -0.2) is 17.7 Å². The van der Waals surface area contributed by atoms with Crippen molar-refractivity contribution in [3.05, 3.63) is 101 Å². The molecular weight excluding hydrogens is 479 g/mol. The minimum Gasteiger partial charge on any atom is -0.479 e. The van der Waals surface area contributed by atoms with E-state index in [4.69, 9.17) is 9.94 Å². The average Bonchev–Trinajstić information content (AvgIpc) is 2.88. The minimum absolute atomic E-state index is 0.0707. The summed E-state index contributed by atoms with van der Waals surface area (Å²) in [4.78, 5) is 16.4. The molecule has 0 saturated heterocycles. The van der Waals surface area contributed by atoms with Crippen LogP contribution in [0.5, 0.6) is 0 Å². The fourth-order valence-electron chi connectivity index (χ4n) is 3.68. The maximum atomic E-state index is 12.8. The van der Waals surface area contributed by atoms with Gasteiger partial charge in [-0.1, -0.05) is 62.3 Å². The van der Waals surface area contributed by atoms with Crippen LogP contribution in [0.3, 0.4) is 0 Å². The number of hydrogen-bond donors (Lipinski definition) is 1. The minimum atomic E-state index is -4.43. The highest BCUT2D eigenvalue weighted by Gasteiger charge is 2.30. The molecule has 0 atom stereocenters. The zero-order chi connectivity index (χ0) is 26.7. The van der Waals surface area contributed by atoms with Gasteiger partial charge in [-0.05, 0) is 72.5 Å². The molecule has 194 valence electrons. The lowest BCUT2D eigenvalue weighted by Crippen LogP contribution is -2.26. The van der Waals surface area contributed by atoms with Gasteiger partial charge >= 0.3 is 12.1 Å². The normalized spacial score (nSPS) is 11.0. The average molecular weight is 510 g/mol. The first-order valence-corrected chi connectivity index (χ1v) is 12.2. The first-order valence-electron chi connectivity index (χ1n) is 12.2. The maximum absolute atomic E-state index is 12.8. The Balaban J connectivity index is 1.66. The Morgan fingerprint density at radius 3 is 1.95 bits per heavy atom. The largest absolute Gasteiger partial charge is 0.479 e. The second-order valence-electron chi connectivity index (χ2n) is 8.70. The van der Waals surface area contributed by atoms with Crippen molar-refractivity contribution in [1.29, 1.82) is 0 Å². The van der Waals surface area contributed by atoms with Crippen LogP contribution in [0, 0.1) is 11.8 Å². The van der Waals surface area contributed by atoms with Gasteiger partial charge in [-0.25, -0.2) is 9.86 Å². The molecular formula is C30H30F3NO3. The zero-order valence-electron chi connectivity index (χ0n) is 20.7. The highest BCUT2D eigenvalue weighted by molar-refractivity contribution is 5.68. The number of hydroxylamine groups is 1. The molecule has 7 heteroatoms. The molecule has 0 aliphatic heterocycles. The molecule has 3 aromatic carbocycles. The van der Waals surface area contributed by atoms with Gasteiger partial charge in [0.2, 0.25) is 0 Å². The van der Waals surface area contributed by atoms with Gasteiger partial charge in [0, 0.05) is 11.1 Å². The summed E-state index contributed by atoms with van der Waals surface area (Å²) >= 11 is 0. The topological polar surface area (TPSA) is 49.8 Å². The van der Waals surface area contributed by atoms with Crippen LogP contribution >= 0.6 is 0 Å². The van der Waals surface area contributed by atoms with Crippen LogP contribution in [-0.2, 0) is 28.8 Å². The highest BCUT2D eigenvalue weighted by atomic mass is 19.4. The Hall–Kier alpha value is -3.76. The van der Waals surface area contributed by atoms with Crippen molar-refractivity contribution in [2.75, 3.05) is 11.7 Å². The van der Waals surface area contributed by atoms with E-state index in [9.17, 15) is 18.0 Å². The van der Waals surface area contributed by atoms with E-state index in [1.807, 2.05) is 12.1 Å². The smallest absolute Gasteiger partial charge is 0.416 e. The molecule has 0 aliphatic carbocycles. The van der Waals surface area contributed by atoms with Crippen molar-refractivity contribution in [2.24, 2.45) is 0 Å². The summed E-state index contributed by atoms with van der Waals surface area (Å²) in [5.74, 6) is 5.10. The van der Waals surface area contributed by atoms with Crippen molar-refractivity contribution in [2.45, 2.75) is 51.7 Å². The number of aliphatic carboxylic acids is 1. The fourth-order valence-corrected chi connectivity index (χ4v) is 3.68. The number of carboxylic acid groups (broad SMARTS) is 1. The van der Waals surface area contributed by atoms with Gasteiger partial charge in [0.15, 0.2) is 6.61 Å². The van der Waals surface area contributed by atoms with E-state index in [-0.39, 0.29) is 6.54 Å². The summed E-state index contributed by atoms with van der Waals surface area (Å²) < 4.78 is 38.5. The molecule has 1 N–H and O–H groups in total. The predicted molar refractivity (Wildman–Crippen MR) is 138 cm³/mol. The Morgan fingerprint density at radius 1 is 0.838 bits per heavy atom. The van der Waals surface area contributed by atoms with Crippen molar-refractivity contribution in [1.82, 2.24) is 0 Å². The third-order valence-electron chi connectivity index (χ3n) is 5.73. The molecule has 0 saturated carbocycles. The summed E-state index contributed by atoms with van der Waals surface area (Å²) in [6.07, 6.45) is 1.57. The van der Waals surface area contributed by atoms with Crippen LogP contribution in [0.2, 0.25) is 0 Å². The number of benzene rings is 3. The maximum Gasteiger partial charge on any atom is 0.416 e. The molecule has 3 rings (SSSR count). The van der Waals surface area contributed by atoms with E-state index in [1.54, 1.807) is 24.3 Å². The monoisotopic (exact) mass is 509 g/mol. The Labute approximate surface area is 215 Å². The van der Waals surface area contributed by atoms with Gasteiger partial charge in [0.25, 0.3) is 0 Å². The van der Waals surface area contributed by atoms with Gasteiger partial charge in [0.05, 0.1) is 17.8 Å². The van der Waals surface area contributed by atoms with Gasteiger partial charge in [-0.15, -0.1) is 0 Å². The Bertz CT molecular complexity index is 1190. The second-order valence-corrected chi connectivity index (χ2v) is 8.70. The van der Waals surface area contributed by atoms with Crippen LogP contribution in [0.4, 0.5) is 18.9 Å². The molecule has 0 fully saturated rings. The second kappa shape index (κ2) is 13.5. The van der Waals surface area contributed by atoms with E-state index in [0.717, 1.165) is 29.7 Å². The predicted octanol–water partition coefficient (Wildman–Crippen LogP) is 7.25. The molecule has 0 aliphatic rings. The Morgan fingerprint density at radius 2 is 1.41 bits per heavy atom. The first-order chi connectivity index (χ1) is 17.7. The van der Waals surface area contributed by atoms with E-state index in [1.165, 1.54) is 48.4 Å². The molecule has 0 radical (unpaired) electrons. The van der Waals surface area contributed by atoms with Gasteiger partial charge < -0.3 is 5.11 Å². The Kier molecular flexibility index (Phi) is 10.2. The lowest BCUT2D eigenvalue weighted by molar-refractivity contribution is -0.143. The molecule has 0 amide bonds. The molecule has 0 heterocycles. The van der Waals surface area contributed by atoms with Crippen LogP contribution in [0.25, 0.3) is 0 Å². The van der Waals surface area contributed by atoms with Gasteiger partial charge in [-0.2, -0.15) is 13.2 Å². The highest BCUT2D eigenvalue weighted by Crippen LogP contribution is 2.29. The van der Waals surface area contributed by atoms with Crippen molar-refractivity contribution in [3.8, 4) is 11.8 Å². The summed E-state index contributed by atoms with van der Waals surface area (Å²) in [5, 5.41) is 10.4. The molecule has 0 spiro atoms. The molecule has 4 nitrogen and oxygen atoms in total. The van der Waals surface area contributed by atoms with E-state index < -0.39 is 24.3 Å². The van der Waals surface area contributed by atoms with Gasteiger partial charge in [0.1, 0.15) is 0 Å². The number of alkyl halides is 3. The number of anilines is 1. The van der Waals surface area contributed by atoms with Crippen LogP contribution < -0.4 is 5.06 Å². The number of nitrogens with zero attached hydrogens (tertiary/aromatic N) is 1. The SMILES string of the molecule is CCCCCCc1ccc(C#Cc2ccc(N(Cc3ccc(C(F)(F)F)cc3)OCC(=O)O)cc2)cc1. The number of rotatable bonds is 11. The number of halogens is 3. The summed E-state index contributed by atoms with van der Waals surface area (Å²) in [6, 6.07) is 19.9. The first kappa shape index (κ1) is 27.8. The number of unbranched alkanes of at least 4 members (excludes halogenated alkanes) is 3. The van der Waals surface area contributed by atoms with Crippen LogP contribution in [0.1, 0.15) is 60.4 Å². The molecule has 3 aromatic rings. The summed E-state index contributed by atoms with van der Waals surface area (Å²) in [5.41, 5.74) is 3.32. The number of hydrogen-bond acceptors (Lipinski definition) is 3. The standard InChI is InChI=1S/C30H30F3NO3/c1-2-3-4-5-6-23-7-9-24(10-8-23)11-12-25-15-19-28(20-16-25)34(37-22-29(35)36)21-26-13-17-27(18-14-26)30(31,32)33/h7-10,13-20H,2-6,21-22H2,1H3,(H,35,36). The lowest BCUT2D eigenvalue weighted by Gasteiger charge is -2.23. The van der Waals surface area contributed by atoms with E-state index in [2.05, 4.69) is 30.9 Å². The van der Waals surface area contributed by atoms with Crippen molar-refractivity contribution >= 4 is 11.7 Å². The van der Waals surface area contributed by atoms with Crippen molar-refractivity contribution < 1.29 is 27.9 Å². The van der Waals surface area contributed by atoms with E-state index >= 15 is 0 Å². The molecule has 0 bridgehead atoms. The lowest BCUT2D eigenvalue weighted by atomic mass is 10.0. The van der Waals surface area contributed by atoms with Crippen LogP contribution in [0.15, 0.2) is 72.8 Å². The third-order valence-corrected chi connectivity index (χ3v) is 5.73. The number of aryl methyl sites for hydroxylation is 1.